The van der Waals surface area contributed by atoms with Crippen LogP contribution in [0.2, 0.25) is 0 Å². The summed E-state index contributed by atoms with van der Waals surface area (Å²) >= 11 is 0. The van der Waals surface area contributed by atoms with Crippen molar-refractivity contribution in [2.24, 2.45) is 11.7 Å². The molecule has 0 aliphatic heterocycles. The fourth-order valence-electron chi connectivity index (χ4n) is 1.89. The highest BCUT2D eigenvalue weighted by Crippen LogP contribution is 2.12. The minimum Gasteiger partial charge on any atom is -0.466 e. The van der Waals surface area contributed by atoms with Gasteiger partial charge in [0.15, 0.2) is 0 Å². The molecule has 0 unspecified atom stereocenters. The molecule has 2 atom stereocenters. The molecule has 0 fully saturated rings. The highest BCUT2D eigenvalue weighted by Gasteiger charge is 2.26. The summed E-state index contributed by atoms with van der Waals surface area (Å²) in [6.45, 7) is 3.32. The van der Waals surface area contributed by atoms with Crippen LogP contribution in [-0.2, 0) is 14.3 Å². The van der Waals surface area contributed by atoms with Crippen molar-refractivity contribution in [1.29, 1.82) is 0 Å². The fourth-order valence-corrected chi connectivity index (χ4v) is 1.89. The minimum atomic E-state index is -1.19. The van der Waals surface area contributed by atoms with Gasteiger partial charge < -0.3 is 15.8 Å². The number of rotatable bonds is 7. The normalized spacial score (nSPS) is 13.0. The van der Waals surface area contributed by atoms with E-state index in [0.29, 0.717) is 6.07 Å². The van der Waals surface area contributed by atoms with Crippen molar-refractivity contribution in [2.75, 3.05) is 6.61 Å². The van der Waals surface area contributed by atoms with E-state index in [0.717, 1.165) is 12.1 Å². The van der Waals surface area contributed by atoms with Gasteiger partial charge in [-0.15, -0.1) is 0 Å². The molecule has 6 nitrogen and oxygen atoms in total. The number of hydrogen-bond acceptors (Lipinski definition) is 4. The zero-order valence-electron chi connectivity index (χ0n) is 12.8. The standard InChI is InChI=1S/C15H18F2N2O4/c1-3-23-15(22)8(2)6-12(13(18)20)19-14(21)10-5-4-9(16)7-11(10)17/h4-5,7-8,12H,3,6H2,1-2H3,(H2,18,20)(H,19,21)/t8-,12+/m0/s1. The lowest BCUT2D eigenvalue weighted by Gasteiger charge is -2.19. The summed E-state index contributed by atoms with van der Waals surface area (Å²) in [6.07, 6.45) is -0.0945. The Kier molecular flexibility index (Phi) is 6.62. The second-order valence-electron chi connectivity index (χ2n) is 4.94. The predicted molar refractivity (Wildman–Crippen MR) is 77.2 cm³/mol. The first-order valence-electron chi connectivity index (χ1n) is 6.98. The van der Waals surface area contributed by atoms with Crippen molar-refractivity contribution < 1.29 is 27.9 Å². The molecule has 0 aliphatic carbocycles. The number of ether oxygens (including phenoxy) is 1. The van der Waals surface area contributed by atoms with Crippen LogP contribution in [0, 0.1) is 17.6 Å². The van der Waals surface area contributed by atoms with Crippen LogP contribution in [0.15, 0.2) is 18.2 Å². The number of carbonyl (C=O) groups excluding carboxylic acids is 3. The number of nitrogens with one attached hydrogen (secondary N) is 1. The lowest BCUT2D eigenvalue weighted by Crippen LogP contribution is -2.46. The van der Waals surface area contributed by atoms with Crippen LogP contribution < -0.4 is 11.1 Å². The third-order valence-electron chi connectivity index (χ3n) is 3.10. The maximum absolute atomic E-state index is 13.6. The molecule has 0 saturated heterocycles. The van der Waals surface area contributed by atoms with E-state index in [9.17, 15) is 23.2 Å². The smallest absolute Gasteiger partial charge is 0.308 e. The lowest BCUT2D eigenvalue weighted by molar-refractivity contribution is -0.147. The summed E-state index contributed by atoms with van der Waals surface area (Å²) in [7, 11) is 0. The molecule has 8 heteroatoms. The Balaban J connectivity index is 2.81. The topological polar surface area (TPSA) is 98.5 Å². The van der Waals surface area contributed by atoms with E-state index < -0.39 is 46.9 Å². The highest BCUT2D eigenvalue weighted by atomic mass is 19.1. The Labute approximate surface area is 132 Å². The summed E-state index contributed by atoms with van der Waals surface area (Å²) in [5.74, 6) is -4.93. The van der Waals surface area contributed by atoms with E-state index in [4.69, 9.17) is 10.5 Å². The third kappa shape index (κ3) is 5.32. The molecule has 126 valence electrons. The van der Waals surface area contributed by atoms with Gasteiger partial charge in [0, 0.05) is 6.07 Å². The van der Waals surface area contributed by atoms with E-state index in [1.54, 1.807) is 6.92 Å². The molecular weight excluding hydrogens is 310 g/mol. The molecule has 0 bridgehead atoms. The molecule has 0 radical (unpaired) electrons. The van der Waals surface area contributed by atoms with Crippen LogP contribution in [-0.4, -0.2) is 30.4 Å². The molecule has 0 aliphatic rings. The van der Waals surface area contributed by atoms with Crippen LogP contribution in [0.4, 0.5) is 8.78 Å². The molecule has 0 saturated carbocycles. The molecule has 1 aromatic carbocycles. The van der Waals surface area contributed by atoms with Crippen molar-refractivity contribution in [3.05, 3.63) is 35.4 Å². The summed E-state index contributed by atoms with van der Waals surface area (Å²) in [6, 6.07) is 1.23. The van der Waals surface area contributed by atoms with E-state index in [1.165, 1.54) is 6.92 Å². The molecular formula is C15H18F2N2O4. The summed E-state index contributed by atoms with van der Waals surface area (Å²) in [4.78, 5) is 35.0. The number of primary amides is 1. The maximum atomic E-state index is 13.6. The monoisotopic (exact) mass is 328 g/mol. The van der Waals surface area contributed by atoms with Crippen molar-refractivity contribution in [3.8, 4) is 0 Å². The van der Waals surface area contributed by atoms with Gasteiger partial charge in [-0.3, -0.25) is 14.4 Å². The quantitative estimate of drug-likeness (QED) is 0.733. The van der Waals surface area contributed by atoms with Gasteiger partial charge in [0.2, 0.25) is 5.91 Å². The zero-order valence-corrected chi connectivity index (χ0v) is 12.8. The van der Waals surface area contributed by atoms with E-state index in [-0.39, 0.29) is 13.0 Å². The number of hydrogen-bond donors (Lipinski definition) is 2. The Morgan fingerprint density at radius 3 is 2.48 bits per heavy atom. The Bertz CT molecular complexity index is 607. The van der Waals surface area contributed by atoms with Crippen LogP contribution in [0.25, 0.3) is 0 Å². The van der Waals surface area contributed by atoms with Crippen LogP contribution >= 0.6 is 0 Å². The van der Waals surface area contributed by atoms with E-state index in [1.807, 2.05) is 0 Å². The second-order valence-corrected chi connectivity index (χ2v) is 4.94. The number of benzene rings is 1. The number of amides is 2. The van der Waals surface area contributed by atoms with Gasteiger partial charge in [-0.25, -0.2) is 8.78 Å². The van der Waals surface area contributed by atoms with Crippen LogP contribution in [0.5, 0.6) is 0 Å². The van der Waals surface area contributed by atoms with E-state index >= 15 is 0 Å². The number of halogens is 2. The molecule has 3 N–H and O–H groups in total. The van der Waals surface area contributed by atoms with Crippen LogP contribution in [0.3, 0.4) is 0 Å². The molecule has 1 aromatic rings. The first-order valence-corrected chi connectivity index (χ1v) is 6.98. The molecule has 0 aromatic heterocycles. The number of carbonyl (C=O) groups is 3. The second kappa shape index (κ2) is 8.21. The SMILES string of the molecule is CCOC(=O)[C@@H](C)C[C@@H](NC(=O)c1ccc(F)cc1F)C(N)=O. The molecule has 1 rings (SSSR count). The maximum Gasteiger partial charge on any atom is 0.308 e. The summed E-state index contributed by atoms with van der Waals surface area (Å²) < 4.78 is 31.2. The van der Waals surface area contributed by atoms with Gasteiger partial charge >= 0.3 is 5.97 Å². The first kappa shape index (κ1) is 18.5. The Morgan fingerprint density at radius 1 is 1.30 bits per heavy atom. The number of nitrogens with two attached hydrogens (primary N) is 1. The van der Waals surface area contributed by atoms with Crippen molar-refractivity contribution in [2.45, 2.75) is 26.3 Å². The average molecular weight is 328 g/mol. The van der Waals surface area contributed by atoms with Gasteiger partial charge in [-0.1, -0.05) is 6.92 Å². The number of esters is 1. The van der Waals surface area contributed by atoms with Gasteiger partial charge in [0.05, 0.1) is 18.1 Å². The Morgan fingerprint density at radius 2 is 1.96 bits per heavy atom. The molecule has 2 amide bonds. The lowest BCUT2D eigenvalue weighted by atomic mass is 10.0. The van der Waals surface area contributed by atoms with Crippen molar-refractivity contribution >= 4 is 17.8 Å². The van der Waals surface area contributed by atoms with E-state index in [2.05, 4.69) is 5.32 Å². The van der Waals surface area contributed by atoms with Gasteiger partial charge in [0.25, 0.3) is 5.91 Å². The summed E-state index contributed by atoms with van der Waals surface area (Å²) in [5.41, 5.74) is 4.76. The molecule has 23 heavy (non-hydrogen) atoms. The van der Waals surface area contributed by atoms with Crippen LogP contribution in [0.1, 0.15) is 30.6 Å². The van der Waals surface area contributed by atoms with Gasteiger partial charge in [-0.05, 0) is 25.5 Å². The molecule has 0 heterocycles. The fraction of sp³-hybridized carbons (Fsp3) is 0.400. The largest absolute Gasteiger partial charge is 0.466 e. The van der Waals surface area contributed by atoms with Gasteiger partial charge in [0.1, 0.15) is 17.7 Å². The highest BCUT2D eigenvalue weighted by molar-refractivity contribution is 5.97. The average Bonchev–Trinajstić information content (AvgIpc) is 2.46. The zero-order chi connectivity index (χ0) is 17.6. The third-order valence-corrected chi connectivity index (χ3v) is 3.10. The predicted octanol–water partition coefficient (Wildman–Crippen LogP) is 1.14. The summed E-state index contributed by atoms with van der Waals surface area (Å²) in [5, 5.41) is 2.24. The minimum absolute atomic E-state index is 0.0945. The molecule has 0 spiro atoms. The Hall–Kier alpha value is -2.51. The first-order chi connectivity index (χ1) is 10.8. The van der Waals surface area contributed by atoms with Gasteiger partial charge in [-0.2, -0.15) is 0 Å². The van der Waals surface area contributed by atoms with Crippen molar-refractivity contribution in [1.82, 2.24) is 5.32 Å². The van der Waals surface area contributed by atoms with Crippen molar-refractivity contribution in [3.63, 3.8) is 0 Å².